The molecule has 3 fully saturated rings. The van der Waals surface area contributed by atoms with Gasteiger partial charge in [-0.1, -0.05) is 18.0 Å². The zero-order valence-corrected chi connectivity index (χ0v) is 13.7. The first-order valence-electron chi connectivity index (χ1n) is 8.49. The molecule has 5 atom stereocenters. The third-order valence-electron chi connectivity index (χ3n) is 6.03. The van der Waals surface area contributed by atoms with Crippen molar-refractivity contribution in [1.29, 1.82) is 0 Å². The van der Waals surface area contributed by atoms with Crippen LogP contribution in [0.2, 0.25) is 5.02 Å². The maximum Gasteiger partial charge on any atom is 0.258 e. The van der Waals surface area contributed by atoms with E-state index in [0.29, 0.717) is 17.7 Å². The van der Waals surface area contributed by atoms with Crippen molar-refractivity contribution in [1.82, 2.24) is 5.32 Å². The number of fused-ring (bicyclic) bond motifs is 5. The smallest absolute Gasteiger partial charge is 0.258 e. The van der Waals surface area contributed by atoms with Crippen LogP contribution in [0.15, 0.2) is 18.2 Å². The zero-order valence-electron chi connectivity index (χ0n) is 12.9. The molecule has 0 spiro atoms. The number of ether oxygens (including phenoxy) is 1. The van der Waals surface area contributed by atoms with Gasteiger partial charge < -0.3 is 10.1 Å². The number of halogens is 2. The van der Waals surface area contributed by atoms with Crippen LogP contribution in [-0.4, -0.2) is 18.6 Å². The molecule has 3 saturated carbocycles. The molecule has 4 rings (SSSR count). The van der Waals surface area contributed by atoms with Crippen LogP contribution in [-0.2, 0) is 4.79 Å². The van der Waals surface area contributed by atoms with E-state index < -0.39 is 5.82 Å². The summed E-state index contributed by atoms with van der Waals surface area (Å²) in [6.45, 7) is -0.0761. The van der Waals surface area contributed by atoms with Crippen LogP contribution in [0.4, 0.5) is 4.39 Å². The first-order valence-corrected chi connectivity index (χ1v) is 8.87. The van der Waals surface area contributed by atoms with Gasteiger partial charge in [0.1, 0.15) is 11.6 Å². The highest BCUT2D eigenvalue weighted by Gasteiger charge is 2.53. The van der Waals surface area contributed by atoms with Gasteiger partial charge in [0.05, 0.1) is 5.02 Å². The Hall–Kier alpha value is -1.29. The third-order valence-corrected chi connectivity index (χ3v) is 6.32. The number of hydrogen-bond acceptors (Lipinski definition) is 2. The molecule has 1 aromatic rings. The summed E-state index contributed by atoms with van der Waals surface area (Å²) in [6.07, 6.45) is 6.48. The van der Waals surface area contributed by atoms with E-state index in [1.165, 1.54) is 43.9 Å². The van der Waals surface area contributed by atoms with E-state index in [-0.39, 0.29) is 17.5 Å². The van der Waals surface area contributed by atoms with E-state index >= 15 is 0 Å². The lowest BCUT2D eigenvalue weighted by molar-refractivity contribution is -0.124. The summed E-state index contributed by atoms with van der Waals surface area (Å²) in [5, 5.41) is 3.33. The predicted octanol–water partition coefficient (Wildman–Crippen LogP) is 3.80. The Bertz CT molecular complexity index is 623. The van der Waals surface area contributed by atoms with Crippen molar-refractivity contribution in [2.45, 2.75) is 38.1 Å². The number of carbonyl (C=O) groups excluding carboxylic acids is 1. The Labute approximate surface area is 140 Å². The maximum atomic E-state index is 13.0. The van der Waals surface area contributed by atoms with E-state index in [9.17, 15) is 9.18 Å². The van der Waals surface area contributed by atoms with Gasteiger partial charge >= 0.3 is 0 Å². The van der Waals surface area contributed by atoms with Gasteiger partial charge in [-0.2, -0.15) is 0 Å². The molecule has 0 aromatic heterocycles. The van der Waals surface area contributed by atoms with Gasteiger partial charge in [0.15, 0.2) is 6.61 Å². The van der Waals surface area contributed by atoms with Crippen LogP contribution in [0.5, 0.6) is 5.75 Å². The highest BCUT2D eigenvalue weighted by atomic mass is 35.5. The molecule has 1 aromatic carbocycles. The van der Waals surface area contributed by atoms with E-state index in [4.69, 9.17) is 16.3 Å². The van der Waals surface area contributed by atoms with Gasteiger partial charge in [-0.25, -0.2) is 4.39 Å². The highest BCUT2D eigenvalue weighted by molar-refractivity contribution is 6.32. The number of carbonyl (C=O) groups is 1. The van der Waals surface area contributed by atoms with Crippen LogP contribution in [0.3, 0.4) is 0 Å². The van der Waals surface area contributed by atoms with Crippen molar-refractivity contribution < 1.29 is 13.9 Å². The standard InChI is InChI=1S/C18H21ClFNO2/c19-15-8-11(20)4-5-17(15)23-9-18(22)21-16-7-10-6-14(16)13-3-1-2-12(10)13/h4-5,8,10,12-14,16H,1-3,6-7,9H2,(H,21,22). The molecule has 1 amide bonds. The molecule has 0 saturated heterocycles. The van der Waals surface area contributed by atoms with Crippen molar-refractivity contribution in [3.63, 3.8) is 0 Å². The Morgan fingerprint density at radius 2 is 2.09 bits per heavy atom. The second-order valence-electron chi connectivity index (χ2n) is 7.19. The number of benzene rings is 1. The van der Waals surface area contributed by atoms with E-state index in [0.717, 1.165) is 24.2 Å². The van der Waals surface area contributed by atoms with E-state index in [1.54, 1.807) is 0 Å². The van der Waals surface area contributed by atoms with E-state index in [2.05, 4.69) is 5.32 Å². The molecule has 124 valence electrons. The molecule has 23 heavy (non-hydrogen) atoms. The molecule has 1 N–H and O–H groups in total. The Morgan fingerprint density at radius 1 is 1.26 bits per heavy atom. The summed E-state index contributed by atoms with van der Waals surface area (Å²) in [7, 11) is 0. The Morgan fingerprint density at radius 3 is 2.91 bits per heavy atom. The fourth-order valence-electron chi connectivity index (χ4n) is 5.22. The number of amides is 1. The fourth-order valence-corrected chi connectivity index (χ4v) is 5.44. The fraction of sp³-hybridized carbons (Fsp3) is 0.611. The summed E-state index contributed by atoms with van der Waals surface area (Å²) in [6, 6.07) is 4.21. The second kappa shape index (κ2) is 5.97. The maximum absolute atomic E-state index is 13.0. The summed E-state index contributed by atoms with van der Waals surface area (Å²) in [4.78, 5) is 12.2. The van der Waals surface area contributed by atoms with Crippen LogP contribution >= 0.6 is 11.6 Å². The molecule has 2 bridgehead atoms. The molecule has 5 unspecified atom stereocenters. The second-order valence-corrected chi connectivity index (χ2v) is 7.60. The van der Waals surface area contributed by atoms with Crippen molar-refractivity contribution >= 4 is 17.5 Å². The minimum Gasteiger partial charge on any atom is -0.482 e. The van der Waals surface area contributed by atoms with Crippen LogP contribution in [0.1, 0.15) is 32.1 Å². The van der Waals surface area contributed by atoms with E-state index in [1.807, 2.05) is 0 Å². The highest BCUT2D eigenvalue weighted by Crippen LogP contribution is 2.58. The summed E-state index contributed by atoms with van der Waals surface area (Å²) in [5.74, 6) is 3.02. The van der Waals surface area contributed by atoms with Crippen LogP contribution in [0.25, 0.3) is 0 Å². The molecular formula is C18H21ClFNO2. The summed E-state index contributed by atoms with van der Waals surface area (Å²) in [5.41, 5.74) is 0. The van der Waals surface area contributed by atoms with Crippen LogP contribution in [0, 0.1) is 29.5 Å². The van der Waals surface area contributed by atoms with Crippen molar-refractivity contribution in [2.75, 3.05) is 6.61 Å². The molecule has 0 radical (unpaired) electrons. The molecule has 5 heteroatoms. The number of rotatable bonds is 4. The molecule has 3 nitrogen and oxygen atoms in total. The molecular weight excluding hydrogens is 317 g/mol. The average Bonchev–Trinajstić information content (AvgIpc) is 3.18. The lowest BCUT2D eigenvalue weighted by atomic mass is 9.79. The lowest BCUT2D eigenvalue weighted by Gasteiger charge is -2.32. The summed E-state index contributed by atoms with van der Waals surface area (Å²) >= 11 is 5.90. The van der Waals surface area contributed by atoms with Gasteiger partial charge in [-0.3, -0.25) is 4.79 Å². The van der Waals surface area contributed by atoms with Crippen molar-refractivity contribution in [2.24, 2.45) is 23.7 Å². The van der Waals surface area contributed by atoms with Gasteiger partial charge in [0.2, 0.25) is 0 Å². The normalized spacial score (nSPS) is 34.4. The van der Waals surface area contributed by atoms with Crippen LogP contribution < -0.4 is 10.1 Å². The average molecular weight is 338 g/mol. The minimum absolute atomic E-state index is 0.0761. The number of nitrogens with one attached hydrogen (secondary N) is 1. The SMILES string of the molecule is O=C(COc1ccc(F)cc1Cl)NC1CC2CC1C1CCCC21. The largest absolute Gasteiger partial charge is 0.482 e. The monoisotopic (exact) mass is 337 g/mol. The Kier molecular flexibility index (Phi) is 3.96. The van der Waals surface area contributed by atoms with Gasteiger partial charge in [0.25, 0.3) is 5.91 Å². The zero-order chi connectivity index (χ0) is 16.0. The van der Waals surface area contributed by atoms with Crippen molar-refractivity contribution in [3.05, 3.63) is 29.0 Å². The molecule has 0 heterocycles. The quantitative estimate of drug-likeness (QED) is 0.907. The summed E-state index contributed by atoms with van der Waals surface area (Å²) < 4.78 is 18.4. The molecule has 3 aliphatic carbocycles. The first-order chi connectivity index (χ1) is 11.1. The first kappa shape index (κ1) is 15.3. The molecule has 0 aliphatic heterocycles. The van der Waals surface area contributed by atoms with Crippen molar-refractivity contribution in [3.8, 4) is 5.75 Å². The predicted molar refractivity (Wildman–Crippen MR) is 85.9 cm³/mol. The van der Waals surface area contributed by atoms with Gasteiger partial charge in [-0.05, 0) is 67.6 Å². The van der Waals surface area contributed by atoms with Gasteiger partial charge in [-0.15, -0.1) is 0 Å². The lowest BCUT2D eigenvalue weighted by Crippen LogP contribution is -2.44. The topological polar surface area (TPSA) is 38.3 Å². The minimum atomic E-state index is -0.417. The Balaban J connectivity index is 1.31. The molecule has 3 aliphatic rings. The third kappa shape index (κ3) is 2.82. The number of hydrogen-bond donors (Lipinski definition) is 1. The van der Waals surface area contributed by atoms with Gasteiger partial charge in [0, 0.05) is 6.04 Å².